The van der Waals surface area contributed by atoms with Gasteiger partial charge in [0.15, 0.2) is 0 Å². The van der Waals surface area contributed by atoms with Crippen molar-refractivity contribution in [2.75, 3.05) is 9.80 Å². The van der Waals surface area contributed by atoms with Crippen LogP contribution in [0.5, 0.6) is 0 Å². The molecule has 4 heteroatoms. The molecule has 1 aromatic heterocycles. The number of hydrogen-bond acceptors (Lipinski definition) is 3. The molecule has 4 aliphatic rings. The first kappa shape index (κ1) is 40.7. The van der Waals surface area contributed by atoms with Crippen molar-refractivity contribution < 1.29 is 0 Å². The summed E-state index contributed by atoms with van der Waals surface area (Å²) in [5.74, 6) is 0. The van der Waals surface area contributed by atoms with Gasteiger partial charge in [-0.15, -0.1) is 11.3 Å². The number of benzene rings is 7. The van der Waals surface area contributed by atoms with Crippen LogP contribution in [0.15, 0.2) is 133 Å². The van der Waals surface area contributed by atoms with Crippen LogP contribution in [-0.2, 0) is 29.1 Å². The second-order valence-electron chi connectivity index (χ2n) is 23.1. The van der Waals surface area contributed by atoms with Gasteiger partial charge < -0.3 is 9.80 Å². The maximum atomic E-state index is 2.64. The molecular formula is C61H59BN2S. The summed E-state index contributed by atoms with van der Waals surface area (Å²) in [6, 6.07) is 52.6. The van der Waals surface area contributed by atoms with Crippen LogP contribution < -0.4 is 25.5 Å². The van der Waals surface area contributed by atoms with Gasteiger partial charge in [-0.05, 0) is 169 Å². The van der Waals surface area contributed by atoms with Gasteiger partial charge >= 0.3 is 0 Å². The molecule has 3 heterocycles. The van der Waals surface area contributed by atoms with Crippen LogP contribution in [0.25, 0.3) is 32.3 Å². The van der Waals surface area contributed by atoms with Gasteiger partial charge in [0.2, 0.25) is 0 Å². The predicted octanol–water partition coefficient (Wildman–Crippen LogP) is 15.0. The van der Waals surface area contributed by atoms with Crippen molar-refractivity contribution in [3.05, 3.63) is 172 Å². The molecule has 7 aromatic carbocycles. The van der Waals surface area contributed by atoms with Crippen molar-refractivity contribution in [1.29, 1.82) is 0 Å². The second kappa shape index (κ2) is 13.6. The smallest absolute Gasteiger partial charge is 0.264 e. The van der Waals surface area contributed by atoms with Crippen LogP contribution in [0, 0.1) is 12.3 Å². The molecule has 0 bridgehead atoms. The van der Waals surface area contributed by atoms with Crippen molar-refractivity contribution in [3.63, 3.8) is 0 Å². The van der Waals surface area contributed by atoms with E-state index in [0.29, 0.717) is 0 Å². The topological polar surface area (TPSA) is 6.48 Å². The first-order chi connectivity index (χ1) is 30.9. The number of thiophene rings is 1. The lowest BCUT2D eigenvalue weighted by atomic mass is 9.36. The van der Waals surface area contributed by atoms with Gasteiger partial charge in [-0.1, -0.05) is 142 Å². The van der Waals surface area contributed by atoms with Crippen molar-refractivity contribution >= 4 is 78.0 Å². The van der Waals surface area contributed by atoms with E-state index in [1.165, 1.54) is 121 Å². The third-order valence-electron chi connectivity index (χ3n) is 15.4. The molecule has 322 valence electrons. The molecule has 0 unspecified atom stereocenters. The molecule has 0 saturated carbocycles. The first-order valence-corrected chi connectivity index (χ1v) is 24.6. The lowest BCUT2D eigenvalue weighted by Gasteiger charge is -2.43. The zero-order chi connectivity index (χ0) is 45.1. The van der Waals surface area contributed by atoms with Gasteiger partial charge in [-0.2, -0.15) is 0 Å². The highest BCUT2D eigenvalue weighted by molar-refractivity contribution is 7.33. The van der Waals surface area contributed by atoms with Crippen molar-refractivity contribution in [2.24, 2.45) is 5.41 Å². The first-order valence-electron chi connectivity index (χ1n) is 23.8. The summed E-state index contributed by atoms with van der Waals surface area (Å²) in [4.78, 5) is 5.23. The van der Waals surface area contributed by atoms with Crippen molar-refractivity contribution in [1.82, 2.24) is 0 Å². The number of nitrogens with zero attached hydrogens (tertiary/aromatic N) is 2. The van der Waals surface area contributed by atoms with E-state index in [1.807, 2.05) is 11.3 Å². The Kier molecular flexibility index (Phi) is 8.51. The standard InChI is InChI=1S/C61H59BN2S/c1-36-28-52-55-53(29-36)64(44-24-20-42(21-25-44)59(5,6)7)56-47-31-39-34-60(8,9)35-40(39)33-54(47)65-57(56)62(55)50-27-17-38(32-51(50)63(52)43-22-18-41(19-23-43)58(2,3)4)37-16-26-49-46(30-37)45-14-12-13-15-48(45)61(49,10)11/h12-33H,34-35H2,1-11H3. The van der Waals surface area contributed by atoms with Crippen molar-refractivity contribution in [3.8, 4) is 22.3 Å². The highest BCUT2D eigenvalue weighted by atomic mass is 32.1. The Morgan fingerprint density at radius 1 is 0.554 bits per heavy atom. The SMILES string of the molecule is Cc1cc2c3c(c1)N(c1ccc(C(C)(C)C)cc1)c1c(sc4cc5c(cc14)CC(C)(C)C5)B3c1ccc(-c3ccc4c(c3)-c3ccccc3C4(C)C)cc1N2c1ccc(C(C)(C)C)cc1. The molecule has 0 N–H and O–H groups in total. The Morgan fingerprint density at radius 3 is 1.78 bits per heavy atom. The molecule has 65 heavy (non-hydrogen) atoms. The Morgan fingerprint density at radius 2 is 1.12 bits per heavy atom. The molecule has 0 amide bonds. The number of fused-ring (bicyclic) bond motifs is 10. The highest BCUT2D eigenvalue weighted by Crippen LogP contribution is 2.52. The normalized spacial score (nSPS) is 16.3. The summed E-state index contributed by atoms with van der Waals surface area (Å²) >= 11 is 2.03. The van der Waals surface area contributed by atoms with Crippen LogP contribution in [0.2, 0.25) is 0 Å². The van der Waals surface area contributed by atoms with Crippen molar-refractivity contribution in [2.45, 2.75) is 105 Å². The Labute approximate surface area is 391 Å². The van der Waals surface area contributed by atoms with Crippen LogP contribution in [0.4, 0.5) is 34.1 Å². The molecule has 0 spiro atoms. The molecule has 12 rings (SSSR count). The van der Waals surface area contributed by atoms with E-state index in [4.69, 9.17) is 0 Å². The third kappa shape index (κ3) is 6.12. The number of rotatable bonds is 3. The largest absolute Gasteiger partial charge is 0.311 e. The summed E-state index contributed by atoms with van der Waals surface area (Å²) < 4.78 is 2.84. The molecule has 2 nitrogen and oxygen atoms in total. The lowest BCUT2D eigenvalue weighted by molar-refractivity contribution is 0.392. The van der Waals surface area contributed by atoms with Crippen LogP contribution in [0.3, 0.4) is 0 Å². The van der Waals surface area contributed by atoms with E-state index in [0.717, 1.165) is 12.8 Å². The third-order valence-corrected chi connectivity index (χ3v) is 16.6. The quantitative estimate of drug-likeness (QED) is 0.163. The average Bonchev–Trinajstić information content (AvgIpc) is 3.86. The Bertz CT molecular complexity index is 3300. The molecular weight excluding hydrogens is 804 g/mol. The summed E-state index contributed by atoms with van der Waals surface area (Å²) in [6.45, 7) is 25.8. The second-order valence-corrected chi connectivity index (χ2v) is 24.2. The van der Waals surface area contributed by atoms with E-state index in [1.54, 1.807) is 0 Å². The molecule has 0 saturated heterocycles. The fraction of sp³-hybridized carbons (Fsp3) is 0.279. The Hall–Kier alpha value is -5.84. The maximum absolute atomic E-state index is 2.64. The van der Waals surface area contributed by atoms with E-state index in [2.05, 4.69) is 219 Å². The molecule has 0 atom stereocenters. The van der Waals surface area contributed by atoms with E-state index in [-0.39, 0.29) is 28.4 Å². The Balaban J connectivity index is 1.12. The number of hydrogen-bond donors (Lipinski definition) is 0. The number of aryl methyl sites for hydroxylation is 1. The molecule has 0 fully saturated rings. The molecule has 0 radical (unpaired) electrons. The van der Waals surface area contributed by atoms with Gasteiger partial charge in [-0.25, -0.2) is 0 Å². The lowest BCUT2D eigenvalue weighted by Crippen LogP contribution is -2.60. The molecule has 2 aliphatic carbocycles. The summed E-state index contributed by atoms with van der Waals surface area (Å²) in [5.41, 5.74) is 25.7. The van der Waals surface area contributed by atoms with Gasteiger partial charge in [0.25, 0.3) is 6.71 Å². The van der Waals surface area contributed by atoms with E-state index < -0.39 is 0 Å². The molecule has 8 aromatic rings. The number of anilines is 6. The summed E-state index contributed by atoms with van der Waals surface area (Å²) in [7, 11) is 0. The minimum atomic E-state index is -0.0304. The van der Waals surface area contributed by atoms with E-state index >= 15 is 0 Å². The summed E-state index contributed by atoms with van der Waals surface area (Å²) in [5, 5.41) is 1.38. The van der Waals surface area contributed by atoms with E-state index in [9.17, 15) is 0 Å². The highest BCUT2D eigenvalue weighted by Gasteiger charge is 2.46. The predicted molar refractivity (Wildman–Crippen MR) is 282 cm³/mol. The zero-order valence-electron chi connectivity index (χ0n) is 40.0. The zero-order valence-corrected chi connectivity index (χ0v) is 40.8. The average molecular weight is 863 g/mol. The van der Waals surface area contributed by atoms with Crippen LogP contribution in [0.1, 0.15) is 108 Å². The fourth-order valence-electron chi connectivity index (χ4n) is 12.0. The van der Waals surface area contributed by atoms with Crippen LogP contribution in [-0.4, -0.2) is 6.71 Å². The monoisotopic (exact) mass is 862 g/mol. The van der Waals surface area contributed by atoms with Gasteiger partial charge in [0, 0.05) is 48.7 Å². The van der Waals surface area contributed by atoms with Crippen LogP contribution >= 0.6 is 11.3 Å². The van der Waals surface area contributed by atoms with Gasteiger partial charge in [0.1, 0.15) is 0 Å². The van der Waals surface area contributed by atoms with Gasteiger partial charge in [-0.3, -0.25) is 0 Å². The maximum Gasteiger partial charge on any atom is 0.264 e. The minimum Gasteiger partial charge on any atom is -0.311 e. The van der Waals surface area contributed by atoms with Gasteiger partial charge in [0.05, 0.1) is 5.69 Å². The minimum absolute atomic E-state index is 0.0304. The molecule has 2 aliphatic heterocycles. The fourth-order valence-corrected chi connectivity index (χ4v) is 13.4. The summed E-state index contributed by atoms with van der Waals surface area (Å²) in [6.07, 6.45) is 2.25.